The summed E-state index contributed by atoms with van der Waals surface area (Å²) in [5.41, 5.74) is 1.48. The number of fused-ring (bicyclic) bond motifs is 1. The number of esters is 2. The first-order valence-electron chi connectivity index (χ1n) is 13.7. The van der Waals surface area contributed by atoms with Gasteiger partial charge in [0, 0.05) is 6.42 Å². The van der Waals surface area contributed by atoms with E-state index in [1.807, 2.05) is 33.5 Å². The van der Waals surface area contributed by atoms with Gasteiger partial charge in [-0.25, -0.2) is 14.6 Å². The van der Waals surface area contributed by atoms with Crippen LogP contribution in [0.1, 0.15) is 44.5 Å². The first kappa shape index (κ1) is 29.9. The van der Waals surface area contributed by atoms with Crippen LogP contribution in [0.3, 0.4) is 0 Å². The van der Waals surface area contributed by atoms with Gasteiger partial charge in [-0.2, -0.15) is 14.4 Å². The van der Waals surface area contributed by atoms with Crippen molar-refractivity contribution in [3.05, 3.63) is 83.2 Å². The average Bonchev–Trinajstić information content (AvgIpc) is 3.53. The third-order valence-electron chi connectivity index (χ3n) is 6.97. The highest BCUT2D eigenvalue weighted by Crippen LogP contribution is 2.41. The zero-order chi connectivity index (χ0) is 30.9. The van der Waals surface area contributed by atoms with Crippen LogP contribution in [0.5, 0.6) is 0 Å². The maximum Gasteiger partial charge on any atom is 0.338 e. The van der Waals surface area contributed by atoms with Gasteiger partial charge in [-0.15, -0.1) is 6.42 Å². The van der Waals surface area contributed by atoms with Crippen LogP contribution in [-0.2, 0) is 14.2 Å². The number of halogens is 1. The van der Waals surface area contributed by atoms with Gasteiger partial charge in [-0.1, -0.05) is 61.0 Å². The SMILES string of the molecule is C#C[C@]1(COC(=O)c2ccc(C)cc2)O[C@@H](n2cnc3c(N[Si](C)(C)C)nc(F)nc32)C[C@@H]1OC(=O)c1ccc(C)cc1. The van der Waals surface area contributed by atoms with Gasteiger partial charge in [-0.3, -0.25) is 4.57 Å². The fraction of sp³-hybridized carbons (Fsp3) is 0.323. The Morgan fingerprint density at radius 1 is 1.07 bits per heavy atom. The number of terminal acetylenes is 1. The normalized spacial score (nSPS) is 20.0. The Morgan fingerprint density at radius 2 is 1.67 bits per heavy atom. The minimum atomic E-state index is -1.93. The summed E-state index contributed by atoms with van der Waals surface area (Å²) in [5.74, 6) is 1.62. The number of carbonyl (C=O) groups excluding carboxylic acids is 2. The lowest BCUT2D eigenvalue weighted by Crippen LogP contribution is -2.45. The van der Waals surface area contributed by atoms with Crippen LogP contribution in [0.2, 0.25) is 19.6 Å². The summed E-state index contributed by atoms with van der Waals surface area (Å²) in [6.07, 6.45) is 4.65. The molecule has 1 fully saturated rings. The zero-order valence-electron chi connectivity index (χ0n) is 24.6. The van der Waals surface area contributed by atoms with Gasteiger partial charge in [0.1, 0.15) is 26.6 Å². The molecule has 0 radical (unpaired) electrons. The van der Waals surface area contributed by atoms with E-state index in [0.29, 0.717) is 16.6 Å². The zero-order valence-corrected chi connectivity index (χ0v) is 25.6. The molecule has 0 bridgehead atoms. The van der Waals surface area contributed by atoms with Crippen molar-refractivity contribution in [2.45, 2.75) is 57.8 Å². The van der Waals surface area contributed by atoms with Crippen molar-refractivity contribution in [3.63, 3.8) is 0 Å². The molecule has 3 atom stereocenters. The number of aromatic nitrogens is 4. The number of benzene rings is 2. The lowest BCUT2D eigenvalue weighted by Gasteiger charge is -2.28. The van der Waals surface area contributed by atoms with Gasteiger partial charge in [-0.05, 0) is 38.1 Å². The number of imidazole rings is 1. The number of aryl methyl sites for hydroxylation is 2. The van der Waals surface area contributed by atoms with E-state index in [1.54, 1.807) is 48.5 Å². The van der Waals surface area contributed by atoms with Crippen LogP contribution in [0.15, 0.2) is 54.9 Å². The molecule has 0 spiro atoms. The smallest absolute Gasteiger partial charge is 0.338 e. The molecular formula is C31H32FN5O5Si. The summed E-state index contributed by atoms with van der Waals surface area (Å²) in [5, 5.41) is 0. The van der Waals surface area contributed by atoms with Crippen LogP contribution in [0.4, 0.5) is 10.2 Å². The van der Waals surface area contributed by atoms with Crippen LogP contribution >= 0.6 is 0 Å². The first-order valence-corrected chi connectivity index (χ1v) is 17.2. The molecule has 2 aromatic carbocycles. The summed E-state index contributed by atoms with van der Waals surface area (Å²) in [6.45, 7) is 9.54. The largest absolute Gasteiger partial charge is 0.458 e. The van der Waals surface area contributed by atoms with E-state index in [1.165, 1.54) is 10.9 Å². The molecule has 1 N–H and O–H groups in total. The van der Waals surface area contributed by atoms with E-state index < -0.39 is 50.8 Å². The van der Waals surface area contributed by atoms with Gasteiger partial charge in [0.05, 0.1) is 17.5 Å². The summed E-state index contributed by atoms with van der Waals surface area (Å²) >= 11 is 0. The minimum Gasteiger partial charge on any atom is -0.458 e. The van der Waals surface area contributed by atoms with Crippen molar-refractivity contribution in [2.24, 2.45) is 0 Å². The molecule has 0 amide bonds. The highest BCUT2D eigenvalue weighted by Gasteiger charge is 2.52. The van der Waals surface area contributed by atoms with Gasteiger partial charge < -0.3 is 19.2 Å². The molecule has 4 aromatic rings. The second kappa shape index (κ2) is 11.6. The number of nitrogens with zero attached hydrogens (tertiary/aromatic N) is 4. The second-order valence-corrected chi connectivity index (χ2v) is 16.3. The molecule has 1 aliphatic rings. The maximum atomic E-state index is 14.6. The van der Waals surface area contributed by atoms with Crippen LogP contribution in [-0.4, -0.2) is 58.0 Å². The molecular weight excluding hydrogens is 569 g/mol. The maximum absolute atomic E-state index is 14.6. The number of nitrogens with one attached hydrogen (secondary N) is 1. The van der Waals surface area contributed by atoms with Crippen molar-refractivity contribution in [3.8, 4) is 12.3 Å². The average molecular weight is 602 g/mol. The monoisotopic (exact) mass is 601 g/mol. The van der Waals surface area contributed by atoms with Crippen LogP contribution in [0, 0.1) is 32.3 Å². The summed E-state index contributed by atoms with van der Waals surface area (Å²) in [4.78, 5) is 41.7. The summed E-state index contributed by atoms with van der Waals surface area (Å²) < 4.78 is 34.0. The molecule has 1 aliphatic heterocycles. The molecule has 10 nitrogen and oxygen atoms in total. The molecule has 222 valence electrons. The Morgan fingerprint density at radius 3 is 2.26 bits per heavy atom. The first-order chi connectivity index (χ1) is 20.4. The molecule has 1 saturated heterocycles. The predicted octanol–water partition coefficient (Wildman–Crippen LogP) is 5.20. The number of ether oxygens (including phenoxy) is 3. The number of anilines is 1. The number of rotatable bonds is 8. The third kappa shape index (κ3) is 6.43. The molecule has 0 saturated carbocycles. The molecule has 3 heterocycles. The molecule has 0 unspecified atom stereocenters. The number of hydrogen-bond acceptors (Lipinski definition) is 9. The van der Waals surface area contributed by atoms with Crippen LogP contribution in [0.25, 0.3) is 11.2 Å². The van der Waals surface area contributed by atoms with Crippen molar-refractivity contribution in [1.82, 2.24) is 19.5 Å². The minimum absolute atomic E-state index is 0.0533. The molecule has 2 aromatic heterocycles. The van der Waals surface area contributed by atoms with Crippen molar-refractivity contribution in [1.29, 1.82) is 0 Å². The third-order valence-corrected chi connectivity index (χ3v) is 7.95. The summed E-state index contributed by atoms with van der Waals surface area (Å²) in [6, 6.07) is 13.7. The van der Waals surface area contributed by atoms with E-state index >= 15 is 0 Å². The fourth-order valence-electron chi connectivity index (χ4n) is 4.73. The van der Waals surface area contributed by atoms with E-state index in [2.05, 4.69) is 25.9 Å². The van der Waals surface area contributed by atoms with E-state index in [9.17, 15) is 14.0 Å². The predicted molar refractivity (Wildman–Crippen MR) is 160 cm³/mol. The molecule has 12 heteroatoms. The quantitative estimate of drug-likeness (QED) is 0.126. The Balaban J connectivity index is 1.48. The standard InChI is InChI=1S/C31H32FN5O5Si/c1-7-31(17-40-28(38)21-12-8-19(2)9-13-21)23(41-29(39)22-14-10-20(3)11-15-22)16-24(42-31)37-18-33-25-26(36-43(4,5)6)34-30(32)35-27(25)37/h1,8-15,18,23-24H,16-17H2,2-6H3,(H,34,35,36)/t23-,24+,31+/m0/s1. The van der Waals surface area contributed by atoms with Gasteiger partial charge in [0.15, 0.2) is 17.6 Å². The number of carbonyl (C=O) groups is 2. The van der Waals surface area contributed by atoms with Gasteiger partial charge >= 0.3 is 18.0 Å². The van der Waals surface area contributed by atoms with E-state index in [-0.39, 0.29) is 17.9 Å². The van der Waals surface area contributed by atoms with Gasteiger partial charge in [0.25, 0.3) is 0 Å². The van der Waals surface area contributed by atoms with E-state index in [4.69, 9.17) is 20.6 Å². The highest BCUT2D eigenvalue weighted by molar-refractivity contribution is 6.79. The Labute approximate surface area is 249 Å². The Kier molecular flexibility index (Phi) is 8.05. The highest BCUT2D eigenvalue weighted by atomic mass is 28.3. The van der Waals surface area contributed by atoms with Crippen molar-refractivity contribution < 1.29 is 28.2 Å². The summed E-state index contributed by atoms with van der Waals surface area (Å²) in [7, 11) is -1.93. The Bertz CT molecular complexity index is 1710. The van der Waals surface area contributed by atoms with E-state index in [0.717, 1.165) is 11.1 Å². The molecule has 0 aliphatic carbocycles. The topological polar surface area (TPSA) is 117 Å². The lowest BCUT2D eigenvalue weighted by atomic mass is 9.98. The number of hydrogen-bond donors (Lipinski definition) is 1. The van der Waals surface area contributed by atoms with Gasteiger partial charge in [0.2, 0.25) is 5.60 Å². The molecule has 5 rings (SSSR count). The van der Waals surface area contributed by atoms with Crippen molar-refractivity contribution >= 4 is 37.2 Å². The molecule has 43 heavy (non-hydrogen) atoms. The fourth-order valence-corrected chi connectivity index (χ4v) is 5.61. The lowest BCUT2D eigenvalue weighted by molar-refractivity contribution is -0.0967. The Hall–Kier alpha value is -4.60. The second-order valence-electron chi connectivity index (χ2n) is 11.6. The van der Waals surface area contributed by atoms with Crippen molar-refractivity contribution in [2.75, 3.05) is 11.6 Å². The van der Waals surface area contributed by atoms with Crippen LogP contribution < -0.4 is 4.98 Å².